The van der Waals surface area contributed by atoms with E-state index in [2.05, 4.69) is 20.0 Å². The second-order valence-corrected chi connectivity index (χ2v) is 7.01. The first-order valence-electron chi connectivity index (χ1n) is 9.01. The van der Waals surface area contributed by atoms with E-state index in [1.807, 2.05) is 24.3 Å². The Balaban J connectivity index is 1.76. The van der Waals surface area contributed by atoms with Crippen molar-refractivity contribution in [1.82, 2.24) is 0 Å². The summed E-state index contributed by atoms with van der Waals surface area (Å²) in [5.74, 6) is 0.234. The number of hydrogen-bond donors (Lipinski definition) is 0. The van der Waals surface area contributed by atoms with Crippen LogP contribution >= 0.6 is 0 Å². The van der Waals surface area contributed by atoms with E-state index in [-0.39, 0.29) is 11.6 Å². The molecule has 0 spiro atoms. The topological polar surface area (TPSA) is 83.6 Å². The Morgan fingerprint density at radius 3 is 1.37 bits per heavy atom. The lowest BCUT2D eigenvalue weighted by atomic mass is 9.98. The minimum atomic E-state index is 0.117. The van der Waals surface area contributed by atoms with Gasteiger partial charge in [0.1, 0.15) is 24.9 Å². The Labute approximate surface area is 156 Å². The van der Waals surface area contributed by atoms with E-state index >= 15 is 0 Å². The zero-order chi connectivity index (χ0) is 19.0. The third-order valence-electron chi connectivity index (χ3n) is 4.81. The smallest absolute Gasteiger partial charge is 0.134 e. The van der Waals surface area contributed by atoms with Gasteiger partial charge in [-0.3, -0.25) is 29.6 Å². The molecule has 0 N–H and O–H groups in total. The summed E-state index contributed by atoms with van der Waals surface area (Å²) in [4.78, 5) is 41.0. The second-order valence-electron chi connectivity index (χ2n) is 7.01. The van der Waals surface area contributed by atoms with Crippen molar-refractivity contribution in [2.45, 2.75) is 33.1 Å². The Morgan fingerprint density at radius 1 is 0.667 bits per heavy atom. The van der Waals surface area contributed by atoms with Crippen molar-refractivity contribution >= 4 is 11.6 Å². The SMILES string of the molecule is CC(=O)Cc1ccc(Cc2ccc(CC(C)=O)c3c2=NCN=3)c2c1=NCN=2. The van der Waals surface area contributed by atoms with Gasteiger partial charge in [0.2, 0.25) is 0 Å². The molecule has 27 heavy (non-hydrogen) atoms. The maximum atomic E-state index is 11.5. The third kappa shape index (κ3) is 3.35. The fourth-order valence-corrected chi connectivity index (χ4v) is 3.70. The Hall–Kier alpha value is -3.02. The lowest BCUT2D eigenvalue weighted by molar-refractivity contribution is -0.117. The van der Waals surface area contributed by atoms with E-state index in [1.165, 1.54) is 0 Å². The summed E-state index contributed by atoms with van der Waals surface area (Å²) in [7, 11) is 0. The van der Waals surface area contributed by atoms with Gasteiger partial charge in [-0.05, 0) is 36.1 Å². The highest BCUT2D eigenvalue weighted by molar-refractivity contribution is 5.78. The van der Waals surface area contributed by atoms with E-state index in [1.54, 1.807) is 13.8 Å². The first kappa shape index (κ1) is 17.4. The molecule has 0 bridgehead atoms. The fourth-order valence-electron chi connectivity index (χ4n) is 3.70. The van der Waals surface area contributed by atoms with Crippen molar-refractivity contribution in [2.24, 2.45) is 20.0 Å². The van der Waals surface area contributed by atoms with Crippen molar-refractivity contribution in [1.29, 1.82) is 0 Å². The minimum absolute atomic E-state index is 0.117. The summed E-state index contributed by atoms with van der Waals surface area (Å²) in [6.45, 7) is 3.99. The summed E-state index contributed by atoms with van der Waals surface area (Å²) >= 11 is 0. The quantitative estimate of drug-likeness (QED) is 0.724. The van der Waals surface area contributed by atoms with Crippen LogP contribution in [0.2, 0.25) is 0 Å². The number of Topliss-reactive ketones (excluding diaryl/α,β-unsaturated/α-hetero) is 2. The molecule has 4 rings (SSSR count). The number of carbonyl (C=O) groups excluding carboxylic acids is 2. The van der Waals surface area contributed by atoms with Crippen LogP contribution in [0.1, 0.15) is 36.1 Å². The predicted octanol–water partition coefficient (Wildman–Crippen LogP) is -0.0390. The van der Waals surface area contributed by atoms with Crippen LogP contribution in [0.5, 0.6) is 0 Å². The van der Waals surface area contributed by atoms with E-state index < -0.39 is 0 Å². The molecule has 0 amide bonds. The molecule has 2 aliphatic rings. The highest BCUT2D eigenvalue weighted by Gasteiger charge is 2.14. The van der Waals surface area contributed by atoms with Crippen molar-refractivity contribution in [3.63, 3.8) is 0 Å². The van der Waals surface area contributed by atoms with Gasteiger partial charge in [0.05, 0.1) is 21.4 Å². The van der Waals surface area contributed by atoms with Crippen LogP contribution in [0.4, 0.5) is 0 Å². The molecule has 2 aromatic rings. The van der Waals surface area contributed by atoms with E-state index in [9.17, 15) is 9.59 Å². The zero-order valence-corrected chi connectivity index (χ0v) is 15.5. The lowest BCUT2D eigenvalue weighted by Gasteiger charge is -2.06. The number of ketones is 2. The van der Waals surface area contributed by atoms with Gasteiger partial charge in [0.25, 0.3) is 0 Å². The van der Waals surface area contributed by atoms with Crippen LogP contribution in [0.15, 0.2) is 44.2 Å². The standard InChI is InChI=1S/C21H20N4O2/c1-12(26)7-14-3-5-16(20-18(14)22-10-24-20)9-17-6-4-15(8-13(2)27)19-21(17)25-11-23-19/h3-6H,7-11H2,1-2H3. The monoisotopic (exact) mass is 360 g/mol. The van der Waals surface area contributed by atoms with Crippen molar-refractivity contribution < 1.29 is 9.59 Å². The van der Waals surface area contributed by atoms with Gasteiger partial charge in [-0.1, -0.05) is 24.3 Å². The molecule has 0 unspecified atom stereocenters. The number of carbonyl (C=O) groups is 2. The van der Waals surface area contributed by atoms with Crippen LogP contribution < -0.4 is 21.4 Å². The molecule has 0 atom stereocenters. The number of benzene rings is 2. The maximum Gasteiger partial charge on any atom is 0.134 e. The molecule has 6 nitrogen and oxygen atoms in total. The van der Waals surface area contributed by atoms with Crippen LogP contribution in [0, 0.1) is 0 Å². The molecule has 6 heteroatoms. The van der Waals surface area contributed by atoms with Crippen LogP contribution in [-0.2, 0) is 28.9 Å². The highest BCUT2D eigenvalue weighted by Crippen LogP contribution is 2.06. The fraction of sp³-hybridized carbons (Fsp3) is 0.333. The highest BCUT2D eigenvalue weighted by atomic mass is 16.1. The molecule has 136 valence electrons. The van der Waals surface area contributed by atoms with E-state index in [0.717, 1.165) is 43.7 Å². The lowest BCUT2D eigenvalue weighted by Crippen LogP contribution is -2.34. The van der Waals surface area contributed by atoms with Crippen molar-refractivity contribution in [2.75, 3.05) is 13.3 Å². The average Bonchev–Trinajstić information content (AvgIpc) is 3.27. The van der Waals surface area contributed by atoms with E-state index in [4.69, 9.17) is 0 Å². The normalized spacial score (nSPS) is 13.7. The Kier molecular flexibility index (Phi) is 4.48. The van der Waals surface area contributed by atoms with Gasteiger partial charge in [0, 0.05) is 19.3 Å². The summed E-state index contributed by atoms with van der Waals surface area (Å²) < 4.78 is 0. The minimum Gasteiger partial charge on any atom is -0.300 e. The second kappa shape index (κ2) is 6.95. The molecule has 0 aliphatic carbocycles. The maximum absolute atomic E-state index is 11.5. The Morgan fingerprint density at radius 2 is 1.00 bits per heavy atom. The number of hydrogen-bond acceptors (Lipinski definition) is 6. The van der Waals surface area contributed by atoms with Gasteiger partial charge >= 0.3 is 0 Å². The first-order chi connectivity index (χ1) is 13.0. The van der Waals surface area contributed by atoms with Gasteiger partial charge in [-0.25, -0.2) is 0 Å². The van der Waals surface area contributed by atoms with Crippen molar-refractivity contribution in [3.05, 3.63) is 67.9 Å². The van der Waals surface area contributed by atoms with Crippen LogP contribution in [0.3, 0.4) is 0 Å². The molecule has 2 aliphatic heterocycles. The molecule has 0 saturated carbocycles. The number of fused-ring (bicyclic) bond motifs is 2. The molecule has 0 radical (unpaired) electrons. The number of rotatable bonds is 6. The third-order valence-corrected chi connectivity index (χ3v) is 4.81. The van der Waals surface area contributed by atoms with Gasteiger partial charge in [-0.15, -0.1) is 0 Å². The summed E-state index contributed by atoms with van der Waals surface area (Å²) in [6.07, 6.45) is 1.43. The molecule has 2 heterocycles. The molecule has 0 fully saturated rings. The van der Waals surface area contributed by atoms with Crippen LogP contribution in [-0.4, -0.2) is 24.9 Å². The summed E-state index contributed by atoms with van der Waals surface area (Å²) in [6, 6.07) is 8.02. The predicted molar refractivity (Wildman–Crippen MR) is 98.8 cm³/mol. The molecule has 0 saturated heterocycles. The van der Waals surface area contributed by atoms with E-state index in [0.29, 0.717) is 32.6 Å². The largest absolute Gasteiger partial charge is 0.300 e. The van der Waals surface area contributed by atoms with Gasteiger partial charge < -0.3 is 0 Å². The first-order valence-corrected chi connectivity index (χ1v) is 9.01. The molecular weight excluding hydrogens is 340 g/mol. The van der Waals surface area contributed by atoms with Gasteiger partial charge in [0.15, 0.2) is 0 Å². The van der Waals surface area contributed by atoms with Crippen LogP contribution in [0.25, 0.3) is 0 Å². The molecular formula is C21H20N4O2. The Bertz CT molecular complexity index is 1120. The summed E-state index contributed by atoms with van der Waals surface area (Å²) in [5, 5.41) is 3.44. The van der Waals surface area contributed by atoms with Gasteiger partial charge in [-0.2, -0.15) is 0 Å². The molecule has 2 aromatic carbocycles. The zero-order valence-electron chi connectivity index (χ0n) is 15.5. The average molecular weight is 360 g/mol. The van der Waals surface area contributed by atoms with Crippen molar-refractivity contribution in [3.8, 4) is 0 Å². The molecule has 0 aromatic heterocycles. The number of nitrogens with zero attached hydrogens (tertiary/aromatic N) is 4. The summed E-state index contributed by atoms with van der Waals surface area (Å²) in [5.41, 5.74) is 4.01.